The van der Waals surface area contributed by atoms with Gasteiger partial charge in [0.05, 0.1) is 5.60 Å². The van der Waals surface area contributed by atoms with Gasteiger partial charge in [-0.1, -0.05) is 42.1 Å². The van der Waals surface area contributed by atoms with Crippen LogP contribution in [0.15, 0.2) is 35.5 Å². The van der Waals surface area contributed by atoms with E-state index in [4.69, 9.17) is 0 Å². The van der Waals surface area contributed by atoms with Gasteiger partial charge in [-0.15, -0.1) is 0 Å². The molecule has 20 heavy (non-hydrogen) atoms. The molecule has 1 unspecified atom stereocenters. The molecule has 1 aromatic heterocycles. The molecule has 0 saturated carbocycles. The van der Waals surface area contributed by atoms with Crippen molar-refractivity contribution >= 4 is 11.8 Å². The highest BCUT2D eigenvalue weighted by atomic mass is 32.2. The Morgan fingerprint density at radius 1 is 1.05 bits per heavy atom. The van der Waals surface area contributed by atoms with Crippen LogP contribution >= 0.6 is 11.8 Å². The van der Waals surface area contributed by atoms with E-state index in [1.54, 1.807) is 0 Å². The Bertz CT molecular complexity index is 574. The second-order valence-corrected chi connectivity index (χ2v) is 6.17. The fourth-order valence-electron chi connectivity index (χ4n) is 1.89. The summed E-state index contributed by atoms with van der Waals surface area (Å²) in [6, 6.07) is 9.69. The number of thioether (sulfide) groups is 1. The number of hydrogen-bond donors (Lipinski definition) is 1. The van der Waals surface area contributed by atoms with Crippen LogP contribution in [0, 0.1) is 20.8 Å². The summed E-state index contributed by atoms with van der Waals surface area (Å²) < 4.78 is 0. The van der Waals surface area contributed by atoms with Crippen LogP contribution in [0.5, 0.6) is 0 Å². The number of aliphatic hydroxyl groups is 1. The Kier molecular flexibility index (Phi) is 4.45. The SMILES string of the molecule is Cc1nc(SCC(C)(O)c2ccccc2)nc(C)c1C. The summed E-state index contributed by atoms with van der Waals surface area (Å²) in [5.41, 5.74) is 3.15. The molecule has 106 valence electrons. The van der Waals surface area contributed by atoms with Crippen LogP contribution in [0.2, 0.25) is 0 Å². The minimum absolute atomic E-state index is 0.527. The third-order valence-corrected chi connectivity index (χ3v) is 4.64. The van der Waals surface area contributed by atoms with Crippen molar-refractivity contribution in [1.29, 1.82) is 0 Å². The van der Waals surface area contributed by atoms with Crippen molar-refractivity contribution in [1.82, 2.24) is 9.97 Å². The molecule has 1 N–H and O–H groups in total. The average molecular weight is 288 g/mol. The van der Waals surface area contributed by atoms with Gasteiger partial charge in [0.2, 0.25) is 0 Å². The van der Waals surface area contributed by atoms with E-state index >= 15 is 0 Å². The largest absolute Gasteiger partial charge is 0.385 e. The number of nitrogens with zero attached hydrogens (tertiary/aromatic N) is 2. The predicted octanol–water partition coefficient (Wildman–Crippen LogP) is 3.40. The molecule has 0 radical (unpaired) electrons. The molecule has 0 aliphatic rings. The van der Waals surface area contributed by atoms with Crippen LogP contribution in [0.4, 0.5) is 0 Å². The molecule has 0 spiro atoms. The van der Waals surface area contributed by atoms with E-state index in [0.29, 0.717) is 5.75 Å². The molecule has 0 fully saturated rings. The number of hydrogen-bond acceptors (Lipinski definition) is 4. The van der Waals surface area contributed by atoms with Gasteiger partial charge < -0.3 is 5.11 Å². The molecule has 0 aliphatic carbocycles. The first-order valence-electron chi connectivity index (χ1n) is 6.63. The topological polar surface area (TPSA) is 46.0 Å². The highest BCUT2D eigenvalue weighted by Gasteiger charge is 2.23. The van der Waals surface area contributed by atoms with Crippen molar-refractivity contribution < 1.29 is 5.11 Å². The standard InChI is InChI=1S/C16H20N2OS/c1-11-12(2)17-15(18-13(11)3)20-10-16(4,19)14-8-6-5-7-9-14/h5-9,19H,10H2,1-4H3. The van der Waals surface area contributed by atoms with E-state index in [0.717, 1.165) is 27.7 Å². The molecule has 1 heterocycles. The predicted molar refractivity (Wildman–Crippen MR) is 83.0 cm³/mol. The van der Waals surface area contributed by atoms with Gasteiger partial charge >= 0.3 is 0 Å². The van der Waals surface area contributed by atoms with E-state index in [2.05, 4.69) is 9.97 Å². The van der Waals surface area contributed by atoms with E-state index in [1.165, 1.54) is 11.8 Å². The smallest absolute Gasteiger partial charge is 0.188 e. The van der Waals surface area contributed by atoms with Crippen LogP contribution in [0.1, 0.15) is 29.4 Å². The molecular weight excluding hydrogens is 268 g/mol. The third-order valence-electron chi connectivity index (χ3n) is 3.49. The molecule has 0 amide bonds. The quantitative estimate of drug-likeness (QED) is 0.692. The number of benzene rings is 1. The third kappa shape index (κ3) is 3.38. The molecule has 1 atom stereocenters. The van der Waals surface area contributed by atoms with Crippen molar-refractivity contribution in [2.75, 3.05) is 5.75 Å². The van der Waals surface area contributed by atoms with Crippen molar-refractivity contribution in [2.24, 2.45) is 0 Å². The van der Waals surface area contributed by atoms with Gasteiger partial charge in [0.15, 0.2) is 5.16 Å². The first kappa shape index (κ1) is 15.0. The molecule has 0 aliphatic heterocycles. The zero-order chi connectivity index (χ0) is 14.8. The van der Waals surface area contributed by atoms with Gasteiger partial charge in [-0.2, -0.15) is 0 Å². The normalized spacial score (nSPS) is 14.1. The molecular formula is C16H20N2OS. The van der Waals surface area contributed by atoms with Gasteiger partial charge in [-0.25, -0.2) is 9.97 Å². The molecule has 4 heteroatoms. The maximum atomic E-state index is 10.6. The van der Waals surface area contributed by atoms with Crippen molar-refractivity contribution in [2.45, 2.75) is 38.5 Å². The first-order valence-corrected chi connectivity index (χ1v) is 7.61. The highest BCUT2D eigenvalue weighted by Crippen LogP contribution is 2.28. The summed E-state index contributed by atoms with van der Waals surface area (Å²) in [5, 5.41) is 11.3. The molecule has 2 aromatic rings. The van der Waals surface area contributed by atoms with E-state index in [9.17, 15) is 5.11 Å². The summed E-state index contributed by atoms with van der Waals surface area (Å²) in [5.74, 6) is 0.527. The van der Waals surface area contributed by atoms with Gasteiger partial charge in [0.25, 0.3) is 0 Å². The second kappa shape index (κ2) is 5.94. The molecule has 3 nitrogen and oxygen atoms in total. The van der Waals surface area contributed by atoms with Crippen LogP contribution in [-0.2, 0) is 5.60 Å². The van der Waals surface area contributed by atoms with Gasteiger partial charge in [0.1, 0.15) is 0 Å². The molecule has 0 saturated heterocycles. The van der Waals surface area contributed by atoms with Crippen LogP contribution in [0.25, 0.3) is 0 Å². The molecule has 1 aromatic carbocycles. The van der Waals surface area contributed by atoms with Gasteiger partial charge in [-0.05, 0) is 38.8 Å². The minimum Gasteiger partial charge on any atom is -0.385 e. The number of rotatable bonds is 4. The van der Waals surface area contributed by atoms with Crippen molar-refractivity contribution in [3.05, 3.63) is 52.8 Å². The van der Waals surface area contributed by atoms with Gasteiger partial charge in [0, 0.05) is 17.1 Å². The maximum absolute atomic E-state index is 10.6. The van der Waals surface area contributed by atoms with E-state index in [-0.39, 0.29) is 0 Å². The maximum Gasteiger partial charge on any atom is 0.188 e. The Balaban J connectivity index is 2.12. The van der Waals surface area contributed by atoms with E-state index < -0.39 is 5.60 Å². The zero-order valence-electron chi connectivity index (χ0n) is 12.3. The summed E-state index contributed by atoms with van der Waals surface area (Å²) >= 11 is 1.49. The van der Waals surface area contributed by atoms with Crippen LogP contribution in [0.3, 0.4) is 0 Å². The minimum atomic E-state index is -0.887. The highest BCUT2D eigenvalue weighted by molar-refractivity contribution is 7.99. The van der Waals surface area contributed by atoms with Crippen molar-refractivity contribution in [3.8, 4) is 0 Å². The lowest BCUT2D eigenvalue weighted by molar-refractivity contribution is 0.0839. The van der Waals surface area contributed by atoms with E-state index in [1.807, 2.05) is 58.0 Å². The Hall–Kier alpha value is -1.39. The Labute approximate surface area is 124 Å². The number of aryl methyl sites for hydroxylation is 2. The fraction of sp³-hybridized carbons (Fsp3) is 0.375. The van der Waals surface area contributed by atoms with Crippen molar-refractivity contribution in [3.63, 3.8) is 0 Å². The lowest BCUT2D eigenvalue weighted by atomic mass is 9.99. The monoisotopic (exact) mass is 288 g/mol. The first-order chi connectivity index (χ1) is 9.40. The summed E-state index contributed by atoms with van der Waals surface area (Å²) in [7, 11) is 0. The fourth-order valence-corrected chi connectivity index (χ4v) is 2.87. The summed E-state index contributed by atoms with van der Waals surface area (Å²) in [4.78, 5) is 8.94. The van der Waals surface area contributed by atoms with Crippen LogP contribution in [-0.4, -0.2) is 20.8 Å². The number of aromatic nitrogens is 2. The Morgan fingerprint density at radius 3 is 2.15 bits per heavy atom. The summed E-state index contributed by atoms with van der Waals surface area (Å²) in [6.45, 7) is 7.83. The lowest BCUT2D eigenvalue weighted by Crippen LogP contribution is -2.24. The lowest BCUT2D eigenvalue weighted by Gasteiger charge is -2.23. The zero-order valence-corrected chi connectivity index (χ0v) is 13.2. The Morgan fingerprint density at radius 2 is 1.60 bits per heavy atom. The second-order valence-electron chi connectivity index (χ2n) is 5.23. The van der Waals surface area contributed by atoms with Gasteiger partial charge in [-0.3, -0.25) is 0 Å². The van der Waals surface area contributed by atoms with Crippen LogP contribution < -0.4 is 0 Å². The molecule has 0 bridgehead atoms. The average Bonchev–Trinajstić information content (AvgIpc) is 2.43. The summed E-state index contributed by atoms with van der Waals surface area (Å²) in [6.07, 6.45) is 0. The molecule has 2 rings (SSSR count).